The van der Waals surface area contributed by atoms with Crippen molar-refractivity contribution in [2.24, 2.45) is 0 Å². The second-order valence-corrected chi connectivity index (χ2v) is 4.87. The van der Waals surface area contributed by atoms with E-state index in [1.165, 1.54) is 36.0 Å². The third kappa shape index (κ3) is 2.35. The van der Waals surface area contributed by atoms with Crippen LogP contribution < -0.4 is 5.32 Å². The van der Waals surface area contributed by atoms with Crippen molar-refractivity contribution in [1.82, 2.24) is 5.32 Å². The maximum absolute atomic E-state index is 6.21. The van der Waals surface area contributed by atoms with Gasteiger partial charge in [-0.05, 0) is 56.0 Å². The van der Waals surface area contributed by atoms with Crippen molar-refractivity contribution in [3.8, 4) is 0 Å². The first-order chi connectivity index (χ1) is 7.18. The summed E-state index contributed by atoms with van der Waals surface area (Å²) >= 11 is 6.21. The van der Waals surface area contributed by atoms with Crippen LogP contribution >= 0.6 is 11.6 Å². The molecule has 1 fully saturated rings. The first kappa shape index (κ1) is 11.0. The molecule has 1 atom stereocenters. The average Bonchev–Trinajstić information content (AvgIpc) is 2.24. The highest BCUT2D eigenvalue weighted by atomic mass is 35.5. The Morgan fingerprint density at radius 2 is 2.07 bits per heavy atom. The molecular formula is C13H18ClN. The van der Waals surface area contributed by atoms with Crippen LogP contribution in [-0.4, -0.2) is 6.54 Å². The molecule has 15 heavy (non-hydrogen) atoms. The molecule has 0 bridgehead atoms. The minimum absolute atomic E-state index is 0.510. The Balaban J connectivity index is 2.33. The third-order valence-electron chi connectivity index (χ3n) is 3.21. The Labute approximate surface area is 96.8 Å². The first-order valence-corrected chi connectivity index (χ1v) is 6.06. The number of aryl methyl sites for hydroxylation is 1. The van der Waals surface area contributed by atoms with Crippen molar-refractivity contribution >= 4 is 11.6 Å². The van der Waals surface area contributed by atoms with Gasteiger partial charge in [-0.1, -0.05) is 24.1 Å². The van der Waals surface area contributed by atoms with Gasteiger partial charge in [-0.2, -0.15) is 0 Å². The lowest BCUT2D eigenvalue weighted by atomic mass is 9.93. The molecule has 1 saturated heterocycles. The van der Waals surface area contributed by atoms with Crippen LogP contribution in [0.1, 0.15) is 42.0 Å². The first-order valence-electron chi connectivity index (χ1n) is 5.68. The van der Waals surface area contributed by atoms with E-state index in [-0.39, 0.29) is 0 Å². The number of hydrogen-bond donors (Lipinski definition) is 1. The lowest BCUT2D eigenvalue weighted by Crippen LogP contribution is -2.27. The van der Waals surface area contributed by atoms with E-state index in [1.807, 2.05) is 6.07 Å². The maximum Gasteiger partial charge on any atom is 0.0441 e. The summed E-state index contributed by atoms with van der Waals surface area (Å²) < 4.78 is 0. The molecule has 82 valence electrons. The van der Waals surface area contributed by atoms with Crippen LogP contribution in [0.3, 0.4) is 0 Å². The predicted molar refractivity (Wildman–Crippen MR) is 65.5 cm³/mol. The molecule has 0 amide bonds. The van der Waals surface area contributed by atoms with Gasteiger partial charge in [0.15, 0.2) is 0 Å². The van der Waals surface area contributed by atoms with Gasteiger partial charge in [0, 0.05) is 11.1 Å². The smallest absolute Gasteiger partial charge is 0.0441 e. The Kier molecular flexibility index (Phi) is 3.32. The highest BCUT2D eigenvalue weighted by Gasteiger charge is 2.17. The van der Waals surface area contributed by atoms with Crippen molar-refractivity contribution in [3.05, 3.63) is 33.8 Å². The second kappa shape index (κ2) is 4.54. The van der Waals surface area contributed by atoms with Gasteiger partial charge in [-0.25, -0.2) is 0 Å². The normalized spacial score (nSPS) is 21.7. The molecular weight excluding hydrogens is 206 g/mol. The molecule has 1 aliphatic heterocycles. The molecule has 0 saturated carbocycles. The fourth-order valence-electron chi connectivity index (χ4n) is 2.32. The number of piperidine rings is 1. The molecule has 2 heteroatoms. The maximum atomic E-state index is 6.21. The van der Waals surface area contributed by atoms with Gasteiger partial charge < -0.3 is 5.32 Å². The van der Waals surface area contributed by atoms with E-state index in [0.717, 1.165) is 11.6 Å². The molecule has 1 heterocycles. The van der Waals surface area contributed by atoms with Crippen molar-refractivity contribution in [2.45, 2.75) is 39.2 Å². The van der Waals surface area contributed by atoms with Crippen molar-refractivity contribution in [3.63, 3.8) is 0 Å². The van der Waals surface area contributed by atoms with Crippen molar-refractivity contribution in [1.29, 1.82) is 0 Å². The van der Waals surface area contributed by atoms with Crippen LogP contribution in [-0.2, 0) is 0 Å². The van der Waals surface area contributed by atoms with E-state index in [0.29, 0.717) is 6.04 Å². The lowest BCUT2D eigenvalue weighted by molar-refractivity contribution is 0.411. The standard InChI is InChI=1S/C13H18ClN/c1-9-7-11(10(2)12(14)8-9)13-5-3-4-6-15-13/h7-8,13,15H,3-6H2,1-2H3. The summed E-state index contributed by atoms with van der Waals surface area (Å²) in [7, 11) is 0. The summed E-state index contributed by atoms with van der Waals surface area (Å²) in [4.78, 5) is 0. The van der Waals surface area contributed by atoms with E-state index in [4.69, 9.17) is 11.6 Å². The van der Waals surface area contributed by atoms with Crippen LogP contribution in [0.5, 0.6) is 0 Å². The van der Waals surface area contributed by atoms with Gasteiger partial charge in [0.2, 0.25) is 0 Å². The Bertz CT molecular complexity index is 354. The van der Waals surface area contributed by atoms with Crippen LogP contribution in [0.2, 0.25) is 5.02 Å². The van der Waals surface area contributed by atoms with Crippen molar-refractivity contribution < 1.29 is 0 Å². The molecule has 0 aromatic heterocycles. The SMILES string of the molecule is Cc1cc(Cl)c(C)c(C2CCCCN2)c1. The van der Waals surface area contributed by atoms with Gasteiger partial charge in [0.05, 0.1) is 0 Å². The number of halogens is 1. The van der Waals surface area contributed by atoms with E-state index < -0.39 is 0 Å². The predicted octanol–water partition coefficient (Wildman–Crippen LogP) is 3.77. The fourth-order valence-corrected chi connectivity index (χ4v) is 2.60. The molecule has 1 unspecified atom stereocenters. The zero-order valence-corrected chi connectivity index (χ0v) is 10.2. The highest BCUT2D eigenvalue weighted by Crippen LogP contribution is 2.30. The highest BCUT2D eigenvalue weighted by molar-refractivity contribution is 6.31. The van der Waals surface area contributed by atoms with Crippen LogP contribution in [0.25, 0.3) is 0 Å². The number of benzene rings is 1. The lowest BCUT2D eigenvalue weighted by Gasteiger charge is -2.26. The third-order valence-corrected chi connectivity index (χ3v) is 3.61. The summed E-state index contributed by atoms with van der Waals surface area (Å²) in [5.74, 6) is 0. The Morgan fingerprint density at radius 3 is 2.73 bits per heavy atom. The largest absolute Gasteiger partial charge is 0.310 e. The van der Waals surface area contributed by atoms with Crippen LogP contribution in [0, 0.1) is 13.8 Å². The van der Waals surface area contributed by atoms with Crippen LogP contribution in [0.15, 0.2) is 12.1 Å². The molecule has 0 aliphatic carbocycles. The van der Waals surface area contributed by atoms with E-state index in [1.54, 1.807) is 0 Å². The van der Waals surface area contributed by atoms with E-state index in [2.05, 4.69) is 25.2 Å². The molecule has 0 radical (unpaired) electrons. The summed E-state index contributed by atoms with van der Waals surface area (Å²) in [5, 5.41) is 4.47. The Morgan fingerprint density at radius 1 is 1.27 bits per heavy atom. The number of rotatable bonds is 1. The average molecular weight is 224 g/mol. The minimum atomic E-state index is 0.510. The zero-order valence-electron chi connectivity index (χ0n) is 9.44. The van der Waals surface area contributed by atoms with Gasteiger partial charge in [0.25, 0.3) is 0 Å². The molecule has 2 rings (SSSR count). The number of nitrogens with one attached hydrogen (secondary N) is 1. The summed E-state index contributed by atoms with van der Waals surface area (Å²) in [5.41, 5.74) is 3.88. The van der Waals surface area contributed by atoms with Gasteiger partial charge >= 0.3 is 0 Å². The molecule has 1 aromatic carbocycles. The quantitative estimate of drug-likeness (QED) is 0.764. The topological polar surface area (TPSA) is 12.0 Å². The zero-order chi connectivity index (χ0) is 10.8. The fraction of sp³-hybridized carbons (Fsp3) is 0.538. The minimum Gasteiger partial charge on any atom is -0.310 e. The summed E-state index contributed by atoms with van der Waals surface area (Å²) in [6.07, 6.45) is 3.86. The molecule has 1 aromatic rings. The molecule has 1 N–H and O–H groups in total. The van der Waals surface area contributed by atoms with Crippen LogP contribution in [0.4, 0.5) is 0 Å². The summed E-state index contributed by atoms with van der Waals surface area (Å²) in [6.45, 7) is 5.36. The monoisotopic (exact) mass is 223 g/mol. The molecule has 1 aliphatic rings. The van der Waals surface area contributed by atoms with Crippen molar-refractivity contribution in [2.75, 3.05) is 6.54 Å². The van der Waals surface area contributed by atoms with E-state index >= 15 is 0 Å². The number of hydrogen-bond acceptors (Lipinski definition) is 1. The van der Waals surface area contributed by atoms with Gasteiger partial charge in [0.1, 0.15) is 0 Å². The molecule has 0 spiro atoms. The van der Waals surface area contributed by atoms with Gasteiger partial charge in [-0.3, -0.25) is 0 Å². The van der Waals surface area contributed by atoms with E-state index in [9.17, 15) is 0 Å². The van der Waals surface area contributed by atoms with Gasteiger partial charge in [-0.15, -0.1) is 0 Å². The second-order valence-electron chi connectivity index (χ2n) is 4.46. The Hall–Kier alpha value is -0.530. The molecule has 1 nitrogen and oxygen atoms in total. The summed E-state index contributed by atoms with van der Waals surface area (Å²) in [6, 6.07) is 4.82.